The van der Waals surface area contributed by atoms with E-state index in [4.69, 9.17) is 0 Å². The van der Waals surface area contributed by atoms with E-state index in [1.807, 2.05) is 12.1 Å². The molecule has 1 heterocycles. The minimum absolute atomic E-state index is 0. The van der Waals surface area contributed by atoms with E-state index in [0.29, 0.717) is 12.2 Å². The fourth-order valence-corrected chi connectivity index (χ4v) is 3.21. The highest BCUT2D eigenvalue weighted by Gasteiger charge is 2.18. The molecule has 0 amide bonds. The van der Waals surface area contributed by atoms with Crippen LogP contribution in [0.3, 0.4) is 0 Å². The normalized spacial score (nSPS) is 15.4. The number of likely N-dealkylation sites (N-methyl/N-ethyl adjacent to an activating group) is 1. The molecule has 0 spiro atoms. The Hall–Kier alpha value is -1.09. The molecule has 5 nitrogen and oxygen atoms in total. The highest BCUT2D eigenvalue weighted by atomic mass is 127. The van der Waals surface area contributed by atoms with Crippen molar-refractivity contribution in [3.8, 4) is 0 Å². The molecule has 1 saturated heterocycles. The van der Waals surface area contributed by atoms with Gasteiger partial charge in [-0.1, -0.05) is 32.8 Å². The van der Waals surface area contributed by atoms with Gasteiger partial charge in [0.2, 0.25) is 0 Å². The first kappa shape index (κ1) is 23.9. The molecular formula is C20H35FIN5. The second-order valence-corrected chi connectivity index (χ2v) is 6.77. The Bertz CT molecular complexity index is 573. The molecule has 1 fully saturated rings. The number of halogens is 2. The van der Waals surface area contributed by atoms with Gasteiger partial charge in [-0.2, -0.15) is 0 Å². The van der Waals surface area contributed by atoms with E-state index in [0.717, 1.165) is 57.2 Å². The number of guanidine groups is 1. The minimum atomic E-state index is -0.139. The molecule has 154 valence electrons. The second kappa shape index (κ2) is 13.1. The van der Waals surface area contributed by atoms with Gasteiger partial charge in [0.1, 0.15) is 5.82 Å². The SMILES string of the molecule is CCCCCNC(=NC)NCc1ccc(N2CCN(CC)CC2)c(F)c1.I. The lowest BCUT2D eigenvalue weighted by molar-refractivity contribution is 0.270. The van der Waals surface area contributed by atoms with E-state index in [2.05, 4.69) is 39.3 Å². The summed E-state index contributed by atoms with van der Waals surface area (Å²) in [4.78, 5) is 8.76. The zero-order valence-corrected chi connectivity index (χ0v) is 19.3. The highest BCUT2D eigenvalue weighted by Crippen LogP contribution is 2.22. The molecular weight excluding hydrogens is 456 g/mol. The molecule has 1 aromatic rings. The largest absolute Gasteiger partial charge is 0.367 e. The maximum absolute atomic E-state index is 14.6. The molecule has 0 bridgehead atoms. The molecule has 0 atom stereocenters. The van der Waals surface area contributed by atoms with E-state index < -0.39 is 0 Å². The third kappa shape index (κ3) is 7.81. The van der Waals surface area contributed by atoms with Crippen molar-refractivity contribution in [2.75, 3.05) is 51.2 Å². The van der Waals surface area contributed by atoms with Crippen LogP contribution in [0.2, 0.25) is 0 Å². The first-order chi connectivity index (χ1) is 12.7. The van der Waals surface area contributed by atoms with Crippen LogP contribution >= 0.6 is 24.0 Å². The van der Waals surface area contributed by atoms with E-state index in [9.17, 15) is 4.39 Å². The summed E-state index contributed by atoms with van der Waals surface area (Å²) in [6, 6.07) is 5.55. The molecule has 1 aliphatic rings. The number of piperazine rings is 1. The van der Waals surface area contributed by atoms with Crippen molar-refractivity contribution in [1.82, 2.24) is 15.5 Å². The molecule has 0 aliphatic carbocycles. The summed E-state index contributed by atoms with van der Waals surface area (Å²) in [6.07, 6.45) is 3.54. The maximum Gasteiger partial charge on any atom is 0.191 e. The van der Waals surface area contributed by atoms with Crippen molar-refractivity contribution in [2.45, 2.75) is 39.7 Å². The summed E-state index contributed by atoms with van der Waals surface area (Å²) in [7, 11) is 1.76. The van der Waals surface area contributed by atoms with Crippen LogP contribution in [0.5, 0.6) is 0 Å². The predicted molar refractivity (Wildman–Crippen MR) is 124 cm³/mol. The van der Waals surface area contributed by atoms with E-state index in [1.165, 1.54) is 12.8 Å². The lowest BCUT2D eigenvalue weighted by Gasteiger charge is -2.35. The number of benzene rings is 1. The zero-order valence-electron chi connectivity index (χ0n) is 16.9. The third-order valence-electron chi connectivity index (χ3n) is 4.93. The van der Waals surface area contributed by atoms with Crippen LogP contribution in [0.1, 0.15) is 38.7 Å². The van der Waals surface area contributed by atoms with Gasteiger partial charge < -0.3 is 20.4 Å². The first-order valence-corrected chi connectivity index (χ1v) is 9.88. The van der Waals surface area contributed by atoms with Crippen LogP contribution in [0.25, 0.3) is 0 Å². The van der Waals surface area contributed by atoms with Crippen molar-refractivity contribution in [1.29, 1.82) is 0 Å². The van der Waals surface area contributed by atoms with Crippen molar-refractivity contribution < 1.29 is 4.39 Å². The van der Waals surface area contributed by atoms with Gasteiger partial charge in [-0.25, -0.2) is 4.39 Å². The topological polar surface area (TPSA) is 42.9 Å². The predicted octanol–water partition coefficient (Wildman–Crippen LogP) is 3.44. The molecule has 2 N–H and O–H groups in total. The molecule has 1 aliphatic heterocycles. The first-order valence-electron chi connectivity index (χ1n) is 9.88. The number of nitrogens with one attached hydrogen (secondary N) is 2. The highest BCUT2D eigenvalue weighted by molar-refractivity contribution is 14.0. The van der Waals surface area contributed by atoms with Gasteiger partial charge in [0.25, 0.3) is 0 Å². The van der Waals surface area contributed by atoms with E-state index in [-0.39, 0.29) is 29.8 Å². The summed E-state index contributed by atoms with van der Waals surface area (Å²) in [6.45, 7) is 10.7. The molecule has 0 saturated carbocycles. The Kier molecular flexibility index (Phi) is 11.7. The number of hydrogen-bond donors (Lipinski definition) is 2. The molecule has 0 aromatic heterocycles. The molecule has 27 heavy (non-hydrogen) atoms. The number of nitrogens with zero attached hydrogens (tertiary/aromatic N) is 3. The van der Waals surface area contributed by atoms with Crippen molar-refractivity contribution in [3.05, 3.63) is 29.6 Å². The molecule has 1 aromatic carbocycles. The smallest absolute Gasteiger partial charge is 0.191 e. The molecule has 2 rings (SSSR count). The number of hydrogen-bond acceptors (Lipinski definition) is 3. The zero-order chi connectivity index (χ0) is 18.8. The summed E-state index contributed by atoms with van der Waals surface area (Å²) in [5.74, 6) is 0.626. The summed E-state index contributed by atoms with van der Waals surface area (Å²) in [5, 5.41) is 6.55. The standard InChI is InChI=1S/C20H34FN5.HI/c1-4-6-7-10-23-20(22-3)24-16-17-8-9-19(18(21)15-17)26-13-11-25(5-2)12-14-26;/h8-9,15H,4-7,10-14,16H2,1-3H3,(H2,22,23,24);1H. The Morgan fingerprint density at radius 3 is 2.44 bits per heavy atom. The van der Waals surface area contributed by atoms with Gasteiger partial charge in [0.15, 0.2) is 5.96 Å². The fraction of sp³-hybridized carbons (Fsp3) is 0.650. The third-order valence-corrected chi connectivity index (χ3v) is 4.93. The Balaban J connectivity index is 0.00000364. The van der Waals surface area contributed by atoms with Crippen LogP contribution in [-0.2, 0) is 6.54 Å². The average molecular weight is 491 g/mol. The van der Waals surface area contributed by atoms with Gasteiger partial charge in [0, 0.05) is 46.3 Å². The Labute approximate surface area is 180 Å². The summed E-state index contributed by atoms with van der Waals surface area (Å²) < 4.78 is 14.6. The second-order valence-electron chi connectivity index (χ2n) is 6.77. The van der Waals surface area contributed by atoms with Gasteiger partial charge in [0.05, 0.1) is 5.69 Å². The minimum Gasteiger partial charge on any atom is -0.367 e. The van der Waals surface area contributed by atoms with Gasteiger partial charge in [-0.05, 0) is 30.7 Å². The molecule has 0 radical (unpaired) electrons. The van der Waals surface area contributed by atoms with Crippen LogP contribution in [0, 0.1) is 5.82 Å². The summed E-state index contributed by atoms with van der Waals surface area (Å²) in [5.41, 5.74) is 1.64. The maximum atomic E-state index is 14.6. The molecule has 7 heteroatoms. The van der Waals surface area contributed by atoms with Crippen molar-refractivity contribution >= 4 is 35.6 Å². The van der Waals surface area contributed by atoms with Crippen LogP contribution in [0.4, 0.5) is 10.1 Å². The average Bonchev–Trinajstić information content (AvgIpc) is 2.68. The number of unbranched alkanes of at least 4 members (excludes halogenated alkanes) is 2. The number of aliphatic imine (C=N–C) groups is 1. The number of anilines is 1. The Morgan fingerprint density at radius 1 is 1.11 bits per heavy atom. The van der Waals surface area contributed by atoms with Crippen molar-refractivity contribution in [2.24, 2.45) is 4.99 Å². The van der Waals surface area contributed by atoms with Crippen LogP contribution in [0.15, 0.2) is 23.2 Å². The van der Waals surface area contributed by atoms with Gasteiger partial charge >= 0.3 is 0 Å². The molecule has 0 unspecified atom stereocenters. The van der Waals surface area contributed by atoms with Crippen molar-refractivity contribution in [3.63, 3.8) is 0 Å². The number of rotatable bonds is 8. The fourth-order valence-electron chi connectivity index (χ4n) is 3.21. The van der Waals surface area contributed by atoms with E-state index in [1.54, 1.807) is 13.1 Å². The lowest BCUT2D eigenvalue weighted by Crippen LogP contribution is -2.46. The quantitative estimate of drug-likeness (QED) is 0.253. The van der Waals surface area contributed by atoms with E-state index >= 15 is 0 Å². The van der Waals surface area contributed by atoms with Gasteiger partial charge in [-0.3, -0.25) is 4.99 Å². The van der Waals surface area contributed by atoms with Gasteiger partial charge in [-0.15, -0.1) is 24.0 Å². The van der Waals surface area contributed by atoms with Crippen LogP contribution in [-0.4, -0.2) is 57.2 Å². The Morgan fingerprint density at radius 2 is 1.85 bits per heavy atom. The summed E-state index contributed by atoms with van der Waals surface area (Å²) >= 11 is 0. The monoisotopic (exact) mass is 491 g/mol. The van der Waals surface area contributed by atoms with Crippen LogP contribution < -0.4 is 15.5 Å². The lowest BCUT2D eigenvalue weighted by atomic mass is 10.1.